The van der Waals surface area contributed by atoms with Crippen molar-refractivity contribution in [3.05, 3.63) is 89.4 Å². The second kappa shape index (κ2) is 11.1. The summed E-state index contributed by atoms with van der Waals surface area (Å²) in [6.07, 6.45) is -0.949. The smallest absolute Gasteiger partial charge is 0.263 e. The van der Waals surface area contributed by atoms with Crippen LogP contribution in [0, 0.1) is 0 Å². The van der Waals surface area contributed by atoms with Gasteiger partial charge in [-0.25, -0.2) is 8.42 Å². The monoisotopic (exact) mass is 527 g/mol. The van der Waals surface area contributed by atoms with Crippen LogP contribution >= 0.6 is 11.6 Å². The number of halogens is 1. The van der Waals surface area contributed by atoms with Gasteiger partial charge in [0.15, 0.2) is 6.10 Å². The molecule has 1 aliphatic rings. The number of carbonyl (C=O) groups is 2. The molecule has 0 bridgehead atoms. The van der Waals surface area contributed by atoms with E-state index in [4.69, 9.17) is 16.3 Å². The average molecular weight is 528 g/mol. The normalized spacial score (nSPS) is 15.2. The average Bonchev–Trinajstić information content (AvgIpc) is 2.90. The van der Waals surface area contributed by atoms with E-state index in [9.17, 15) is 18.0 Å². The molecule has 1 atom stereocenters. The van der Waals surface area contributed by atoms with Crippen molar-refractivity contribution in [3.8, 4) is 5.75 Å². The molecule has 0 aliphatic carbocycles. The molecule has 0 radical (unpaired) electrons. The van der Waals surface area contributed by atoms with E-state index in [1.54, 1.807) is 31.2 Å². The molecule has 0 fully saturated rings. The highest BCUT2D eigenvalue weighted by atomic mass is 35.5. The number of hydrogen-bond donors (Lipinski definition) is 1. The van der Waals surface area contributed by atoms with Gasteiger partial charge in [0.05, 0.1) is 23.7 Å². The second-order valence-electron chi connectivity index (χ2n) is 8.17. The van der Waals surface area contributed by atoms with E-state index in [1.807, 2.05) is 30.3 Å². The Balaban J connectivity index is 1.52. The number of nitrogens with zero attached hydrogens (tertiary/aromatic N) is 2. The van der Waals surface area contributed by atoms with Crippen molar-refractivity contribution in [2.45, 2.75) is 24.5 Å². The maximum absolute atomic E-state index is 13.4. The summed E-state index contributed by atoms with van der Waals surface area (Å²) in [5.41, 5.74) is 1.41. The summed E-state index contributed by atoms with van der Waals surface area (Å²) in [6.45, 7) is 1.62. The van der Waals surface area contributed by atoms with Crippen molar-refractivity contribution in [1.82, 2.24) is 9.62 Å². The quantitative estimate of drug-likeness (QED) is 0.484. The molecule has 1 heterocycles. The number of rotatable bonds is 8. The molecule has 0 unspecified atom stereocenters. The van der Waals surface area contributed by atoms with Gasteiger partial charge in [-0.1, -0.05) is 61.0 Å². The summed E-state index contributed by atoms with van der Waals surface area (Å²) >= 11 is 5.89. The summed E-state index contributed by atoms with van der Waals surface area (Å²) in [7, 11) is -3.93. The predicted molar refractivity (Wildman–Crippen MR) is 137 cm³/mol. The third kappa shape index (κ3) is 5.70. The lowest BCUT2D eigenvalue weighted by molar-refractivity contribution is -0.128. The highest BCUT2D eigenvalue weighted by Crippen LogP contribution is 2.33. The summed E-state index contributed by atoms with van der Waals surface area (Å²) < 4.78 is 33.3. The lowest BCUT2D eigenvalue weighted by Crippen LogP contribution is -2.53. The second-order valence-corrected chi connectivity index (χ2v) is 10.5. The molecular formula is C26H26ClN3O5S. The number of ether oxygens (including phenoxy) is 1. The van der Waals surface area contributed by atoms with Gasteiger partial charge in [-0.3, -0.25) is 9.59 Å². The fraction of sp³-hybridized carbons (Fsp3) is 0.231. The molecule has 1 N–H and O–H groups in total. The number of amides is 2. The first-order valence-corrected chi connectivity index (χ1v) is 13.2. The molecule has 3 aromatic rings. The first kappa shape index (κ1) is 25.7. The van der Waals surface area contributed by atoms with Crippen LogP contribution in [-0.4, -0.2) is 50.3 Å². The number of nitrogens with one attached hydrogen (secondary N) is 1. The molecule has 0 saturated heterocycles. The van der Waals surface area contributed by atoms with Crippen molar-refractivity contribution in [2.24, 2.45) is 0 Å². The fourth-order valence-corrected chi connectivity index (χ4v) is 5.39. The van der Waals surface area contributed by atoms with E-state index in [0.717, 1.165) is 9.87 Å². The molecule has 36 heavy (non-hydrogen) atoms. The van der Waals surface area contributed by atoms with Gasteiger partial charge in [0.1, 0.15) is 5.75 Å². The Morgan fingerprint density at radius 3 is 2.39 bits per heavy atom. The first-order chi connectivity index (χ1) is 17.3. The van der Waals surface area contributed by atoms with Gasteiger partial charge in [0.25, 0.3) is 5.91 Å². The highest BCUT2D eigenvalue weighted by Gasteiger charge is 2.35. The number of carbonyl (C=O) groups excluding carboxylic acids is 2. The molecule has 188 valence electrons. The highest BCUT2D eigenvalue weighted by molar-refractivity contribution is 7.89. The first-order valence-electron chi connectivity index (χ1n) is 11.4. The predicted octanol–water partition coefficient (Wildman–Crippen LogP) is 3.46. The molecule has 3 aromatic carbocycles. The van der Waals surface area contributed by atoms with Gasteiger partial charge in [-0.2, -0.15) is 4.31 Å². The number of benzene rings is 3. The van der Waals surface area contributed by atoms with Gasteiger partial charge in [0, 0.05) is 18.1 Å². The van der Waals surface area contributed by atoms with Crippen molar-refractivity contribution < 1.29 is 22.7 Å². The standard InChI is InChI=1S/C26H26ClN3O5S/c1-2-29(36(33,34)21-14-12-20(27)13-15-21)18-25(31)30-17-24(35-23-11-7-6-10-22(23)30)26(32)28-16-19-8-4-3-5-9-19/h3-15,24H,2,16-18H2,1H3,(H,28,32)/t24-/m0/s1. The van der Waals surface area contributed by atoms with Crippen LogP contribution in [-0.2, 0) is 26.2 Å². The van der Waals surface area contributed by atoms with E-state index in [-0.39, 0.29) is 23.9 Å². The van der Waals surface area contributed by atoms with Crippen molar-refractivity contribution in [3.63, 3.8) is 0 Å². The number of likely N-dealkylation sites (N-methyl/N-ethyl adjacent to an activating group) is 1. The van der Waals surface area contributed by atoms with Crippen LogP contribution in [0.15, 0.2) is 83.8 Å². The van der Waals surface area contributed by atoms with Crippen molar-refractivity contribution >= 4 is 39.1 Å². The zero-order valence-electron chi connectivity index (χ0n) is 19.6. The number of sulfonamides is 1. The van der Waals surface area contributed by atoms with Gasteiger partial charge < -0.3 is 15.0 Å². The third-order valence-corrected chi connectivity index (χ3v) is 7.98. The Morgan fingerprint density at radius 1 is 1.03 bits per heavy atom. The lowest BCUT2D eigenvalue weighted by Gasteiger charge is -2.35. The minimum absolute atomic E-state index is 0.0436. The van der Waals surface area contributed by atoms with Gasteiger partial charge in [-0.05, 0) is 42.0 Å². The lowest BCUT2D eigenvalue weighted by atomic mass is 10.1. The molecular weight excluding hydrogens is 502 g/mol. The van der Waals surface area contributed by atoms with Crippen LogP contribution in [0.25, 0.3) is 0 Å². The van der Waals surface area contributed by atoms with Crippen LogP contribution in [0.1, 0.15) is 12.5 Å². The van der Waals surface area contributed by atoms with E-state index < -0.39 is 28.6 Å². The number of anilines is 1. The van der Waals surface area contributed by atoms with Gasteiger partial charge in [-0.15, -0.1) is 0 Å². The minimum Gasteiger partial charge on any atom is -0.477 e. The SMILES string of the molecule is CCN(CC(=O)N1C[C@@H](C(=O)NCc2ccccc2)Oc2ccccc21)S(=O)(=O)c1ccc(Cl)cc1. The topological polar surface area (TPSA) is 96.0 Å². The van der Waals surface area contributed by atoms with Crippen LogP contribution in [0.4, 0.5) is 5.69 Å². The van der Waals surface area contributed by atoms with E-state index >= 15 is 0 Å². The largest absolute Gasteiger partial charge is 0.477 e. The van der Waals surface area contributed by atoms with Crippen LogP contribution in [0.3, 0.4) is 0 Å². The Kier molecular flexibility index (Phi) is 7.93. The molecule has 0 aromatic heterocycles. The number of fused-ring (bicyclic) bond motifs is 1. The maximum atomic E-state index is 13.4. The maximum Gasteiger partial charge on any atom is 0.263 e. The van der Waals surface area contributed by atoms with E-state index in [1.165, 1.54) is 29.2 Å². The molecule has 4 rings (SSSR count). The molecule has 1 aliphatic heterocycles. The van der Waals surface area contributed by atoms with E-state index in [2.05, 4.69) is 5.32 Å². The van der Waals surface area contributed by atoms with Gasteiger partial charge in [0.2, 0.25) is 15.9 Å². The molecule has 8 nitrogen and oxygen atoms in total. The Hall–Kier alpha value is -3.40. The van der Waals surface area contributed by atoms with Crippen molar-refractivity contribution in [1.29, 1.82) is 0 Å². The molecule has 0 spiro atoms. The minimum atomic E-state index is -3.93. The number of para-hydroxylation sites is 2. The zero-order valence-corrected chi connectivity index (χ0v) is 21.2. The third-order valence-electron chi connectivity index (χ3n) is 5.79. The Bertz CT molecular complexity index is 1330. The molecule has 0 saturated carbocycles. The zero-order chi connectivity index (χ0) is 25.7. The Morgan fingerprint density at radius 2 is 1.69 bits per heavy atom. The van der Waals surface area contributed by atoms with Crippen molar-refractivity contribution in [2.75, 3.05) is 24.5 Å². The van der Waals surface area contributed by atoms with Gasteiger partial charge >= 0.3 is 0 Å². The summed E-state index contributed by atoms with van der Waals surface area (Å²) in [4.78, 5) is 27.8. The van der Waals surface area contributed by atoms with E-state index in [0.29, 0.717) is 23.0 Å². The summed E-state index contributed by atoms with van der Waals surface area (Å²) in [5.74, 6) is -0.459. The fourth-order valence-electron chi connectivity index (χ4n) is 3.86. The van der Waals surface area contributed by atoms with Crippen LogP contribution < -0.4 is 15.0 Å². The van der Waals surface area contributed by atoms with Crippen LogP contribution in [0.5, 0.6) is 5.75 Å². The molecule has 2 amide bonds. The summed E-state index contributed by atoms with van der Waals surface area (Å²) in [5, 5.41) is 3.25. The summed E-state index contributed by atoms with van der Waals surface area (Å²) in [6, 6.07) is 22.1. The number of hydrogen-bond acceptors (Lipinski definition) is 5. The Labute approximate surface area is 215 Å². The molecule has 10 heteroatoms. The van der Waals surface area contributed by atoms with Crippen LogP contribution in [0.2, 0.25) is 5.02 Å².